The average Bonchev–Trinajstić information content (AvgIpc) is 3.17. The number of aliphatic hydroxyl groups excluding tert-OH is 1. The molecule has 0 bridgehead atoms. The molecule has 0 radical (unpaired) electrons. The van der Waals surface area contributed by atoms with Crippen molar-refractivity contribution in [3.8, 4) is 17.1 Å². The molecule has 0 saturated heterocycles. The van der Waals surface area contributed by atoms with Gasteiger partial charge in [-0.05, 0) is 24.1 Å². The number of aliphatic hydroxyl groups is 1. The minimum Gasteiger partial charge on any atom is -0.404 e. The van der Waals surface area contributed by atoms with Crippen LogP contribution in [0.3, 0.4) is 0 Å². The zero-order valence-corrected chi connectivity index (χ0v) is 18.0. The number of fused-ring (bicyclic) bond motifs is 1. The molecule has 2 aromatic heterocycles. The second-order valence-electron chi connectivity index (χ2n) is 7.44. The summed E-state index contributed by atoms with van der Waals surface area (Å²) in [4.78, 5) is 30.5. The van der Waals surface area contributed by atoms with Gasteiger partial charge in [0.1, 0.15) is 11.3 Å². The van der Waals surface area contributed by atoms with Crippen molar-refractivity contribution in [1.29, 1.82) is 0 Å². The molecule has 0 saturated carbocycles. The van der Waals surface area contributed by atoms with Crippen LogP contribution < -0.4 is 16.0 Å². The molecule has 11 heteroatoms. The Morgan fingerprint density at radius 1 is 1.12 bits per heavy atom. The van der Waals surface area contributed by atoms with Crippen LogP contribution in [0.15, 0.2) is 52.1 Å². The summed E-state index contributed by atoms with van der Waals surface area (Å²) >= 11 is 0. The van der Waals surface area contributed by atoms with Crippen molar-refractivity contribution in [1.82, 2.24) is 18.7 Å². The minimum atomic E-state index is -4.97. The predicted octanol–water partition coefficient (Wildman–Crippen LogP) is 2.49. The molecule has 0 atom stereocenters. The standard InChI is InChI=1S/C23H19F3N4O4/c1-28-20-18(21(32)29(22(28)33)12-7-13-31)30(14-15-8-3-2-4-9-15)19(27-20)16-10-5-6-11-17(16)34-23(24,25)26/h2-4,6,8-9,11,31H,7,12-14H2,1H3. The van der Waals surface area contributed by atoms with E-state index in [1.807, 2.05) is 0 Å². The molecule has 0 aliphatic rings. The number of alkyl halides is 3. The van der Waals surface area contributed by atoms with Gasteiger partial charge in [-0.2, -0.15) is 0 Å². The van der Waals surface area contributed by atoms with Gasteiger partial charge in [0, 0.05) is 26.7 Å². The van der Waals surface area contributed by atoms with Gasteiger partial charge in [0.15, 0.2) is 17.0 Å². The molecule has 0 aliphatic carbocycles. The number of halogens is 3. The lowest BCUT2D eigenvalue weighted by Crippen LogP contribution is -2.39. The molecule has 1 N–H and O–H groups in total. The first-order valence-electron chi connectivity index (χ1n) is 10.2. The third kappa shape index (κ3) is 4.40. The zero-order valence-electron chi connectivity index (χ0n) is 18.0. The van der Waals surface area contributed by atoms with Gasteiger partial charge in [-0.1, -0.05) is 42.5 Å². The van der Waals surface area contributed by atoms with Crippen molar-refractivity contribution in [3.63, 3.8) is 0 Å². The first-order valence-corrected chi connectivity index (χ1v) is 10.2. The van der Waals surface area contributed by atoms with E-state index in [1.165, 1.54) is 17.7 Å². The number of nitrogens with zero attached hydrogens (tertiary/aromatic N) is 4. The Kier molecular flexibility index (Phi) is 6.17. The summed E-state index contributed by atoms with van der Waals surface area (Å²) < 4.78 is 46.9. The van der Waals surface area contributed by atoms with Gasteiger partial charge >= 0.3 is 12.1 Å². The molecule has 0 aliphatic heterocycles. The summed E-state index contributed by atoms with van der Waals surface area (Å²) in [6.07, 6.45) is -4.80. The molecule has 0 amide bonds. The number of aryl methyl sites for hydroxylation is 1. The third-order valence-electron chi connectivity index (χ3n) is 5.17. The normalized spacial score (nSPS) is 11.6. The van der Waals surface area contributed by atoms with Crippen LogP contribution in [0.25, 0.3) is 22.6 Å². The summed E-state index contributed by atoms with van der Waals surface area (Å²) in [6.45, 7) is -0.180. The second-order valence-corrected chi connectivity index (χ2v) is 7.44. The lowest BCUT2D eigenvalue weighted by Gasteiger charge is -2.13. The first kappa shape index (κ1) is 23.1. The molecule has 4 aromatic rings. The number of rotatable bonds is 7. The predicted molar refractivity (Wildman–Crippen MR) is 116 cm³/mol. The van der Waals surface area contributed by atoms with Crippen LogP contribution in [0.5, 0.6) is 5.75 Å². The van der Waals surface area contributed by atoms with Crippen molar-refractivity contribution in [2.24, 2.45) is 7.05 Å². The molecule has 34 heavy (non-hydrogen) atoms. The van der Waals surface area contributed by atoms with E-state index >= 15 is 0 Å². The van der Waals surface area contributed by atoms with E-state index in [0.717, 1.165) is 20.8 Å². The largest absolute Gasteiger partial charge is 0.573 e. The molecule has 2 heterocycles. The van der Waals surface area contributed by atoms with Crippen LogP contribution in [0, 0.1) is 12.1 Å². The maximum Gasteiger partial charge on any atom is 0.573 e. The first-order chi connectivity index (χ1) is 16.2. The zero-order chi connectivity index (χ0) is 24.5. The van der Waals surface area contributed by atoms with E-state index in [9.17, 15) is 22.8 Å². The summed E-state index contributed by atoms with van der Waals surface area (Å²) in [5.41, 5.74) is -0.723. The fourth-order valence-corrected chi connectivity index (χ4v) is 3.66. The SMILES string of the molecule is Cn1c(=O)n(CCCO)c(=O)c2c1nc(-c1c#cccc1OC(F)(F)F)n2Cc1ccccc1. The monoisotopic (exact) mass is 472 g/mol. The van der Waals surface area contributed by atoms with E-state index in [4.69, 9.17) is 5.11 Å². The lowest BCUT2D eigenvalue weighted by atomic mass is 10.2. The van der Waals surface area contributed by atoms with Crippen molar-refractivity contribution >= 4 is 11.2 Å². The number of imidazole rings is 1. The molecule has 2 aromatic carbocycles. The van der Waals surface area contributed by atoms with Crippen molar-refractivity contribution in [2.45, 2.75) is 25.9 Å². The van der Waals surface area contributed by atoms with E-state index in [-0.39, 0.29) is 48.7 Å². The number of aromatic nitrogens is 4. The molecular formula is C23H19F3N4O4. The maximum absolute atomic E-state index is 13.4. The molecule has 176 valence electrons. The quantitative estimate of drug-likeness (QED) is 0.446. The molecule has 4 rings (SSSR count). The van der Waals surface area contributed by atoms with Crippen LogP contribution in [-0.2, 0) is 20.1 Å². The molecule has 0 unspecified atom stereocenters. The highest BCUT2D eigenvalue weighted by Gasteiger charge is 2.33. The Balaban J connectivity index is 2.04. The number of benzene rings is 1. The third-order valence-corrected chi connectivity index (χ3v) is 5.17. The van der Waals surface area contributed by atoms with Gasteiger partial charge in [-0.15, -0.1) is 13.2 Å². The highest BCUT2D eigenvalue weighted by atomic mass is 19.4. The summed E-state index contributed by atoms with van der Waals surface area (Å²) in [7, 11) is 1.41. The van der Waals surface area contributed by atoms with Gasteiger partial charge in [0.25, 0.3) is 5.56 Å². The van der Waals surface area contributed by atoms with E-state index < -0.39 is 23.4 Å². The second kappa shape index (κ2) is 9.07. The van der Waals surface area contributed by atoms with Crippen molar-refractivity contribution in [3.05, 3.63) is 81.0 Å². The Morgan fingerprint density at radius 3 is 2.53 bits per heavy atom. The fourth-order valence-electron chi connectivity index (χ4n) is 3.66. The smallest absolute Gasteiger partial charge is 0.404 e. The Hall–Kier alpha value is -4.04. The molecule has 0 fully saturated rings. The van der Waals surface area contributed by atoms with Crippen LogP contribution >= 0.6 is 0 Å². The topological polar surface area (TPSA) is 91.3 Å². The molecular weight excluding hydrogens is 453 g/mol. The van der Waals surface area contributed by atoms with Crippen molar-refractivity contribution in [2.75, 3.05) is 6.61 Å². The lowest BCUT2D eigenvalue weighted by molar-refractivity contribution is -0.274. The highest BCUT2D eigenvalue weighted by Crippen LogP contribution is 2.33. The van der Waals surface area contributed by atoms with Gasteiger partial charge in [0.2, 0.25) is 0 Å². The van der Waals surface area contributed by atoms with Crippen LogP contribution in [0.4, 0.5) is 13.2 Å². The highest BCUT2D eigenvalue weighted by molar-refractivity contribution is 5.78. The average molecular weight is 472 g/mol. The van der Waals surface area contributed by atoms with E-state index in [0.29, 0.717) is 0 Å². The van der Waals surface area contributed by atoms with Crippen LogP contribution in [0.1, 0.15) is 12.0 Å². The van der Waals surface area contributed by atoms with Crippen LogP contribution in [0.2, 0.25) is 0 Å². The van der Waals surface area contributed by atoms with Crippen LogP contribution in [-0.4, -0.2) is 36.8 Å². The van der Waals surface area contributed by atoms with Gasteiger partial charge in [-0.3, -0.25) is 13.9 Å². The van der Waals surface area contributed by atoms with Gasteiger partial charge < -0.3 is 14.4 Å². The number of hydrogen-bond donors (Lipinski definition) is 1. The van der Waals surface area contributed by atoms with Gasteiger partial charge in [-0.25, -0.2) is 9.78 Å². The van der Waals surface area contributed by atoms with E-state index in [1.54, 1.807) is 30.3 Å². The fraction of sp³-hybridized carbons (Fsp3) is 0.261. The summed E-state index contributed by atoms with van der Waals surface area (Å²) in [5.74, 6) is -0.608. The summed E-state index contributed by atoms with van der Waals surface area (Å²) in [5, 5.41) is 9.16. The number of hydrogen-bond acceptors (Lipinski definition) is 5. The number of ether oxygens (including phenoxy) is 1. The maximum atomic E-state index is 13.4. The summed E-state index contributed by atoms with van der Waals surface area (Å²) in [6, 6.07) is 16.4. The molecule has 0 spiro atoms. The Bertz CT molecular complexity index is 1440. The minimum absolute atomic E-state index is 0.00334. The molecule has 8 nitrogen and oxygen atoms in total. The van der Waals surface area contributed by atoms with Gasteiger partial charge in [0.05, 0.1) is 0 Å². The Morgan fingerprint density at radius 2 is 1.85 bits per heavy atom. The Labute approximate surface area is 191 Å². The van der Waals surface area contributed by atoms with E-state index in [2.05, 4.69) is 21.9 Å². The van der Waals surface area contributed by atoms with Crippen molar-refractivity contribution < 1.29 is 23.0 Å².